The number of aromatic nitrogens is 1. The highest BCUT2D eigenvalue weighted by atomic mass is 16.5. The molecule has 0 aliphatic heterocycles. The van der Waals surface area contributed by atoms with Crippen molar-refractivity contribution in [3.05, 3.63) is 48.3 Å². The van der Waals surface area contributed by atoms with Crippen LogP contribution >= 0.6 is 0 Å². The zero-order valence-corrected chi connectivity index (χ0v) is 9.68. The summed E-state index contributed by atoms with van der Waals surface area (Å²) >= 11 is 0. The normalized spacial score (nSPS) is 9.94. The van der Waals surface area contributed by atoms with E-state index in [-0.39, 0.29) is 0 Å². The van der Waals surface area contributed by atoms with Crippen LogP contribution in [0, 0.1) is 0 Å². The first-order chi connectivity index (χ1) is 8.29. The molecule has 0 bridgehead atoms. The number of nitrogens with one attached hydrogen (secondary N) is 1. The summed E-state index contributed by atoms with van der Waals surface area (Å²) in [5.74, 6) is 0.822. The molecule has 0 amide bonds. The van der Waals surface area contributed by atoms with Crippen LogP contribution in [0.5, 0.6) is 5.75 Å². The second kappa shape index (κ2) is 5.21. The Hall–Kier alpha value is -2.23. The van der Waals surface area contributed by atoms with Crippen LogP contribution in [0.25, 0.3) is 0 Å². The Kier molecular flexibility index (Phi) is 3.45. The maximum Gasteiger partial charge on any atom is 0.141 e. The van der Waals surface area contributed by atoms with Crippen molar-refractivity contribution in [2.45, 2.75) is 6.54 Å². The lowest BCUT2D eigenvalue weighted by atomic mass is 10.2. The predicted molar refractivity (Wildman–Crippen MR) is 69.0 cm³/mol. The van der Waals surface area contributed by atoms with Crippen molar-refractivity contribution in [1.29, 1.82) is 0 Å². The molecule has 0 saturated heterocycles. The van der Waals surface area contributed by atoms with Gasteiger partial charge in [-0.1, -0.05) is 12.1 Å². The summed E-state index contributed by atoms with van der Waals surface area (Å²) in [4.78, 5) is 4.22. The van der Waals surface area contributed by atoms with Crippen molar-refractivity contribution in [2.24, 2.45) is 0 Å². The molecule has 4 heteroatoms. The number of anilines is 2. The molecule has 3 N–H and O–H groups in total. The summed E-state index contributed by atoms with van der Waals surface area (Å²) in [6.45, 7) is 0.640. The standard InChI is InChI=1S/C13H15N3O/c1-17-13-5-3-2-4-12(13)16-9-11-7-6-10(14)8-15-11/h2-8,16H,9,14H2,1H3. The van der Waals surface area contributed by atoms with E-state index in [9.17, 15) is 0 Å². The summed E-state index contributed by atoms with van der Waals surface area (Å²) < 4.78 is 5.25. The summed E-state index contributed by atoms with van der Waals surface area (Å²) in [6.07, 6.45) is 1.65. The monoisotopic (exact) mass is 229 g/mol. The predicted octanol–water partition coefficient (Wildman–Crippen LogP) is 2.28. The van der Waals surface area contributed by atoms with E-state index in [0.29, 0.717) is 12.2 Å². The van der Waals surface area contributed by atoms with Crippen LogP contribution in [0.3, 0.4) is 0 Å². The number of nitrogens with two attached hydrogens (primary N) is 1. The fraction of sp³-hybridized carbons (Fsp3) is 0.154. The largest absolute Gasteiger partial charge is 0.495 e. The number of benzene rings is 1. The molecule has 1 aromatic heterocycles. The molecule has 0 radical (unpaired) electrons. The average Bonchev–Trinajstić information content (AvgIpc) is 2.38. The zero-order chi connectivity index (χ0) is 12.1. The molecule has 0 aliphatic carbocycles. The lowest BCUT2D eigenvalue weighted by molar-refractivity contribution is 0.416. The number of nitrogens with zero attached hydrogens (tertiary/aromatic N) is 1. The molecule has 0 fully saturated rings. The Morgan fingerprint density at radius 1 is 1.24 bits per heavy atom. The van der Waals surface area contributed by atoms with E-state index in [4.69, 9.17) is 10.5 Å². The maximum absolute atomic E-state index is 5.58. The first kappa shape index (κ1) is 11.3. The van der Waals surface area contributed by atoms with E-state index < -0.39 is 0 Å². The van der Waals surface area contributed by atoms with Crippen molar-refractivity contribution in [3.63, 3.8) is 0 Å². The van der Waals surface area contributed by atoms with Crippen LogP contribution in [-0.2, 0) is 6.54 Å². The van der Waals surface area contributed by atoms with E-state index in [0.717, 1.165) is 17.1 Å². The third-order valence-corrected chi connectivity index (χ3v) is 2.41. The molecular formula is C13H15N3O. The van der Waals surface area contributed by atoms with Crippen molar-refractivity contribution in [2.75, 3.05) is 18.2 Å². The third kappa shape index (κ3) is 2.87. The lowest BCUT2D eigenvalue weighted by Crippen LogP contribution is -2.03. The molecule has 0 unspecified atom stereocenters. The summed E-state index contributed by atoms with van der Waals surface area (Å²) in [5, 5.41) is 3.27. The molecule has 2 aromatic rings. The molecule has 4 nitrogen and oxygen atoms in total. The smallest absolute Gasteiger partial charge is 0.141 e. The minimum Gasteiger partial charge on any atom is -0.495 e. The molecule has 0 atom stereocenters. The number of hydrogen-bond donors (Lipinski definition) is 2. The second-order valence-corrected chi connectivity index (χ2v) is 3.64. The number of hydrogen-bond acceptors (Lipinski definition) is 4. The van der Waals surface area contributed by atoms with Gasteiger partial charge in [0, 0.05) is 0 Å². The van der Waals surface area contributed by atoms with Gasteiger partial charge in [-0.25, -0.2) is 0 Å². The summed E-state index contributed by atoms with van der Waals surface area (Å²) in [6, 6.07) is 11.5. The second-order valence-electron chi connectivity index (χ2n) is 3.64. The highest BCUT2D eigenvalue weighted by Gasteiger charge is 2.01. The quantitative estimate of drug-likeness (QED) is 0.844. The van der Waals surface area contributed by atoms with Gasteiger partial charge >= 0.3 is 0 Å². The molecule has 1 heterocycles. The van der Waals surface area contributed by atoms with Crippen molar-refractivity contribution in [3.8, 4) is 5.75 Å². The highest BCUT2D eigenvalue weighted by molar-refractivity contribution is 5.56. The number of methoxy groups -OCH3 is 1. The topological polar surface area (TPSA) is 60.2 Å². The van der Waals surface area contributed by atoms with Gasteiger partial charge in [0.05, 0.1) is 36.9 Å². The Labute approximate surface area is 100 Å². The van der Waals surface area contributed by atoms with Gasteiger partial charge < -0.3 is 15.8 Å². The first-order valence-electron chi connectivity index (χ1n) is 5.37. The van der Waals surface area contributed by atoms with Gasteiger partial charge in [-0.2, -0.15) is 0 Å². The first-order valence-corrected chi connectivity index (χ1v) is 5.37. The molecule has 0 saturated carbocycles. The molecule has 0 aliphatic rings. The molecule has 1 aromatic carbocycles. The van der Waals surface area contributed by atoms with Crippen LogP contribution in [0.4, 0.5) is 11.4 Å². The van der Waals surface area contributed by atoms with Crippen molar-refractivity contribution in [1.82, 2.24) is 4.98 Å². The van der Waals surface area contributed by atoms with E-state index in [1.165, 1.54) is 0 Å². The van der Waals surface area contributed by atoms with Gasteiger partial charge in [-0.05, 0) is 24.3 Å². The average molecular weight is 229 g/mol. The fourth-order valence-electron chi connectivity index (χ4n) is 1.52. The minimum absolute atomic E-state index is 0.640. The van der Waals surface area contributed by atoms with Crippen molar-refractivity contribution < 1.29 is 4.74 Å². The Bertz CT molecular complexity index is 482. The van der Waals surface area contributed by atoms with Crippen LogP contribution in [-0.4, -0.2) is 12.1 Å². The van der Waals surface area contributed by atoms with E-state index >= 15 is 0 Å². The van der Waals surface area contributed by atoms with Gasteiger partial charge in [-0.15, -0.1) is 0 Å². The molecule has 17 heavy (non-hydrogen) atoms. The SMILES string of the molecule is COc1ccccc1NCc1ccc(N)cn1. The Morgan fingerprint density at radius 3 is 2.76 bits per heavy atom. The highest BCUT2D eigenvalue weighted by Crippen LogP contribution is 2.23. The van der Waals surface area contributed by atoms with E-state index in [1.807, 2.05) is 36.4 Å². The zero-order valence-electron chi connectivity index (χ0n) is 9.68. The molecular weight excluding hydrogens is 214 g/mol. The molecule has 0 spiro atoms. The molecule has 88 valence electrons. The maximum atomic E-state index is 5.58. The Morgan fingerprint density at radius 2 is 2.06 bits per heavy atom. The summed E-state index contributed by atoms with van der Waals surface area (Å²) in [7, 11) is 1.65. The van der Waals surface area contributed by atoms with Crippen molar-refractivity contribution >= 4 is 11.4 Å². The van der Waals surface area contributed by atoms with Crippen LogP contribution < -0.4 is 15.8 Å². The van der Waals surface area contributed by atoms with Crippen LogP contribution in [0.2, 0.25) is 0 Å². The third-order valence-electron chi connectivity index (χ3n) is 2.41. The van der Waals surface area contributed by atoms with Gasteiger partial charge in [-0.3, -0.25) is 4.98 Å². The van der Waals surface area contributed by atoms with Gasteiger partial charge in [0.2, 0.25) is 0 Å². The van der Waals surface area contributed by atoms with Crippen LogP contribution in [0.15, 0.2) is 42.6 Å². The minimum atomic E-state index is 0.640. The van der Waals surface area contributed by atoms with E-state index in [2.05, 4.69) is 10.3 Å². The number of para-hydroxylation sites is 2. The van der Waals surface area contributed by atoms with E-state index in [1.54, 1.807) is 13.3 Å². The van der Waals surface area contributed by atoms with Gasteiger partial charge in [0.1, 0.15) is 5.75 Å². The number of pyridine rings is 1. The fourth-order valence-corrected chi connectivity index (χ4v) is 1.52. The van der Waals surface area contributed by atoms with Crippen LogP contribution in [0.1, 0.15) is 5.69 Å². The lowest BCUT2D eigenvalue weighted by Gasteiger charge is -2.10. The number of ether oxygens (including phenoxy) is 1. The summed E-state index contributed by atoms with van der Waals surface area (Å²) in [5.41, 5.74) is 8.14. The van der Waals surface area contributed by atoms with Gasteiger partial charge in [0.25, 0.3) is 0 Å². The number of rotatable bonds is 4. The van der Waals surface area contributed by atoms with Gasteiger partial charge in [0.15, 0.2) is 0 Å². The molecule has 2 rings (SSSR count). The Balaban J connectivity index is 2.04. The number of nitrogen functional groups attached to an aromatic ring is 1.